The second-order valence-electron chi connectivity index (χ2n) is 4.89. The summed E-state index contributed by atoms with van der Waals surface area (Å²) in [4.78, 5) is 23.2. The summed E-state index contributed by atoms with van der Waals surface area (Å²) < 4.78 is 19.0. The second kappa shape index (κ2) is 6.49. The first-order chi connectivity index (χ1) is 9.99. The van der Waals surface area contributed by atoms with Gasteiger partial charge in [0.15, 0.2) is 0 Å². The third-order valence-corrected chi connectivity index (χ3v) is 3.20. The molecule has 1 aliphatic rings. The molecule has 0 saturated carbocycles. The summed E-state index contributed by atoms with van der Waals surface area (Å²) in [5.41, 5.74) is 0.377. The van der Waals surface area contributed by atoms with Crippen LogP contribution in [0, 0.1) is 5.82 Å². The molecule has 1 heterocycles. The van der Waals surface area contributed by atoms with Crippen LogP contribution in [0.15, 0.2) is 30.9 Å². The number of benzene rings is 1. The van der Waals surface area contributed by atoms with Crippen LogP contribution in [0.1, 0.15) is 19.8 Å². The molecule has 5 nitrogen and oxygen atoms in total. The van der Waals surface area contributed by atoms with E-state index in [0.29, 0.717) is 12.1 Å². The number of amides is 2. The zero-order valence-electron chi connectivity index (χ0n) is 11.7. The number of hydrogen-bond donors (Lipinski definition) is 2. The Kier molecular flexibility index (Phi) is 4.70. The van der Waals surface area contributed by atoms with E-state index in [0.717, 1.165) is 12.5 Å². The van der Waals surface area contributed by atoms with Gasteiger partial charge in [0, 0.05) is 5.69 Å². The molecule has 0 spiro atoms. The summed E-state index contributed by atoms with van der Waals surface area (Å²) in [5, 5.41) is 4.99. The highest BCUT2D eigenvalue weighted by Gasteiger charge is 2.28. The van der Waals surface area contributed by atoms with Crippen molar-refractivity contribution in [2.24, 2.45) is 0 Å². The van der Waals surface area contributed by atoms with Gasteiger partial charge in [0.25, 0.3) is 5.91 Å². The highest BCUT2D eigenvalue weighted by molar-refractivity contribution is 6.00. The number of rotatable bonds is 4. The summed E-state index contributed by atoms with van der Waals surface area (Å²) >= 11 is 0. The van der Waals surface area contributed by atoms with Crippen molar-refractivity contribution in [1.82, 2.24) is 0 Å². The van der Waals surface area contributed by atoms with Crippen LogP contribution in [0.4, 0.5) is 15.8 Å². The lowest BCUT2D eigenvalue weighted by Gasteiger charge is -2.13. The molecule has 112 valence electrons. The van der Waals surface area contributed by atoms with Gasteiger partial charge in [0.2, 0.25) is 5.91 Å². The minimum absolute atomic E-state index is 0.0154. The Bertz CT molecular complexity index is 574. The van der Waals surface area contributed by atoms with Crippen LogP contribution in [0.3, 0.4) is 0 Å². The van der Waals surface area contributed by atoms with Crippen molar-refractivity contribution >= 4 is 23.2 Å². The standard InChI is InChI=1S/C15H17FN2O3/c1-3-14(19)18-12-8-10(5-6-11(12)16)17-15(20)13-7-4-9(2)21-13/h3,5-6,8-9,13H,1,4,7H2,2H3,(H,17,20)(H,18,19)/t9-,13-/m1/s1. The normalized spacial score (nSPS) is 20.9. The molecular weight excluding hydrogens is 275 g/mol. The minimum Gasteiger partial charge on any atom is -0.365 e. The van der Waals surface area contributed by atoms with Gasteiger partial charge in [-0.05, 0) is 44.0 Å². The van der Waals surface area contributed by atoms with Gasteiger partial charge in [-0.15, -0.1) is 0 Å². The van der Waals surface area contributed by atoms with Crippen molar-refractivity contribution in [2.45, 2.75) is 32.0 Å². The Hall–Kier alpha value is -2.21. The van der Waals surface area contributed by atoms with Crippen molar-refractivity contribution in [2.75, 3.05) is 10.6 Å². The SMILES string of the molecule is C=CC(=O)Nc1cc(NC(=O)[C@H]2CC[C@@H](C)O2)ccc1F. The molecule has 1 aromatic carbocycles. The zero-order chi connectivity index (χ0) is 15.4. The van der Waals surface area contributed by atoms with Crippen LogP contribution < -0.4 is 10.6 Å². The van der Waals surface area contributed by atoms with E-state index < -0.39 is 17.8 Å². The van der Waals surface area contributed by atoms with Gasteiger partial charge in [0.05, 0.1) is 11.8 Å². The molecule has 2 rings (SSSR count). The van der Waals surface area contributed by atoms with Crippen LogP contribution in [-0.4, -0.2) is 24.0 Å². The molecule has 2 amide bonds. The second-order valence-corrected chi connectivity index (χ2v) is 4.89. The molecule has 2 N–H and O–H groups in total. The van der Waals surface area contributed by atoms with E-state index in [2.05, 4.69) is 17.2 Å². The fourth-order valence-corrected chi connectivity index (χ4v) is 2.10. The maximum Gasteiger partial charge on any atom is 0.253 e. The van der Waals surface area contributed by atoms with Crippen molar-refractivity contribution < 1.29 is 18.7 Å². The Labute approximate surface area is 122 Å². The average molecular weight is 292 g/mol. The molecule has 0 unspecified atom stereocenters. The minimum atomic E-state index is -0.589. The molecule has 0 radical (unpaired) electrons. The summed E-state index contributed by atoms with van der Waals surface area (Å²) in [6.45, 7) is 5.21. The zero-order valence-corrected chi connectivity index (χ0v) is 11.7. The van der Waals surface area contributed by atoms with Crippen molar-refractivity contribution in [3.63, 3.8) is 0 Å². The molecular formula is C15H17FN2O3. The lowest BCUT2D eigenvalue weighted by molar-refractivity contribution is -0.126. The van der Waals surface area contributed by atoms with Gasteiger partial charge in [-0.3, -0.25) is 9.59 Å². The third kappa shape index (κ3) is 3.88. The Balaban J connectivity index is 2.06. The van der Waals surface area contributed by atoms with E-state index in [1.807, 2.05) is 6.92 Å². The lowest BCUT2D eigenvalue weighted by Crippen LogP contribution is -2.27. The first-order valence-corrected chi connectivity index (χ1v) is 6.69. The topological polar surface area (TPSA) is 67.4 Å². The van der Waals surface area contributed by atoms with Gasteiger partial charge < -0.3 is 15.4 Å². The maximum atomic E-state index is 13.6. The van der Waals surface area contributed by atoms with Crippen LogP contribution in [0.2, 0.25) is 0 Å². The lowest BCUT2D eigenvalue weighted by atomic mass is 10.2. The number of carbonyl (C=O) groups is 2. The van der Waals surface area contributed by atoms with Gasteiger partial charge >= 0.3 is 0 Å². The van der Waals surface area contributed by atoms with Gasteiger partial charge in [-0.2, -0.15) is 0 Å². The van der Waals surface area contributed by atoms with E-state index in [1.54, 1.807) is 0 Å². The van der Waals surface area contributed by atoms with Crippen LogP contribution >= 0.6 is 0 Å². The summed E-state index contributed by atoms with van der Waals surface area (Å²) in [6.07, 6.45) is 2.11. The van der Waals surface area contributed by atoms with E-state index in [-0.39, 0.29) is 17.7 Å². The molecule has 1 aliphatic heterocycles. The molecule has 1 saturated heterocycles. The van der Waals surface area contributed by atoms with Crippen LogP contribution in [-0.2, 0) is 14.3 Å². The number of halogens is 1. The molecule has 21 heavy (non-hydrogen) atoms. The number of anilines is 2. The monoisotopic (exact) mass is 292 g/mol. The van der Waals surface area contributed by atoms with E-state index in [9.17, 15) is 14.0 Å². The third-order valence-electron chi connectivity index (χ3n) is 3.20. The maximum absolute atomic E-state index is 13.6. The molecule has 0 bridgehead atoms. The molecule has 1 fully saturated rings. The van der Waals surface area contributed by atoms with E-state index in [1.165, 1.54) is 18.2 Å². The van der Waals surface area contributed by atoms with E-state index in [4.69, 9.17) is 4.74 Å². The summed E-state index contributed by atoms with van der Waals surface area (Å²) in [7, 11) is 0. The Morgan fingerprint density at radius 3 is 2.76 bits per heavy atom. The van der Waals surface area contributed by atoms with Crippen molar-refractivity contribution in [1.29, 1.82) is 0 Å². The highest BCUT2D eigenvalue weighted by atomic mass is 19.1. The number of carbonyl (C=O) groups excluding carboxylic acids is 2. The Morgan fingerprint density at radius 2 is 2.14 bits per heavy atom. The van der Waals surface area contributed by atoms with Gasteiger partial charge in [0.1, 0.15) is 11.9 Å². The average Bonchev–Trinajstić information content (AvgIpc) is 2.89. The van der Waals surface area contributed by atoms with E-state index >= 15 is 0 Å². The number of hydrogen-bond acceptors (Lipinski definition) is 3. The molecule has 0 aromatic heterocycles. The Morgan fingerprint density at radius 1 is 1.38 bits per heavy atom. The summed E-state index contributed by atoms with van der Waals surface area (Å²) in [5.74, 6) is -1.38. The molecule has 6 heteroatoms. The quantitative estimate of drug-likeness (QED) is 0.838. The van der Waals surface area contributed by atoms with Crippen molar-refractivity contribution in [3.8, 4) is 0 Å². The molecule has 2 atom stereocenters. The largest absolute Gasteiger partial charge is 0.365 e. The molecule has 1 aromatic rings. The van der Waals surface area contributed by atoms with Gasteiger partial charge in [-0.1, -0.05) is 6.58 Å². The van der Waals surface area contributed by atoms with Crippen molar-refractivity contribution in [3.05, 3.63) is 36.7 Å². The first kappa shape index (κ1) is 15.2. The fraction of sp³-hybridized carbons (Fsp3) is 0.333. The fourth-order valence-electron chi connectivity index (χ4n) is 2.10. The van der Waals surface area contributed by atoms with Crippen LogP contribution in [0.25, 0.3) is 0 Å². The predicted molar refractivity (Wildman–Crippen MR) is 77.4 cm³/mol. The number of nitrogens with one attached hydrogen (secondary N) is 2. The van der Waals surface area contributed by atoms with Gasteiger partial charge in [-0.25, -0.2) is 4.39 Å². The molecule has 0 aliphatic carbocycles. The highest BCUT2D eigenvalue weighted by Crippen LogP contribution is 2.23. The first-order valence-electron chi connectivity index (χ1n) is 6.69. The number of ether oxygens (including phenoxy) is 1. The predicted octanol–water partition coefficient (Wildman–Crippen LogP) is 2.46. The van der Waals surface area contributed by atoms with Crippen LogP contribution in [0.5, 0.6) is 0 Å². The smallest absolute Gasteiger partial charge is 0.253 e. The summed E-state index contributed by atoms with van der Waals surface area (Å²) in [6, 6.07) is 3.95.